The Bertz CT molecular complexity index is 2240. The second kappa shape index (κ2) is 13.1. The van der Waals surface area contributed by atoms with Gasteiger partial charge in [-0.25, -0.2) is 29.9 Å². The largest absolute Gasteiger partial charge is 0.279 e. The first kappa shape index (κ1) is 29.6. The van der Waals surface area contributed by atoms with Crippen molar-refractivity contribution in [1.82, 2.24) is 29.9 Å². The zero-order valence-electron chi connectivity index (χ0n) is 26.7. The van der Waals surface area contributed by atoms with Gasteiger partial charge < -0.3 is 0 Å². The van der Waals surface area contributed by atoms with E-state index in [0.717, 1.165) is 73.8 Å². The molecule has 234 valence electrons. The van der Waals surface area contributed by atoms with Crippen molar-refractivity contribution < 1.29 is 0 Å². The van der Waals surface area contributed by atoms with Gasteiger partial charge >= 0.3 is 0 Å². The molecule has 3 aromatic carbocycles. The topological polar surface area (TPSA) is 83.8 Å². The van der Waals surface area contributed by atoms with E-state index in [4.69, 9.17) is 9.97 Å². The summed E-state index contributed by atoms with van der Waals surface area (Å²) < 4.78 is 0. The fraction of sp³-hybridized carbons (Fsp3) is 0.0244. The summed E-state index contributed by atoms with van der Waals surface area (Å²) in [6.07, 6.45) is 7.15. The predicted octanol–water partition coefficient (Wildman–Crippen LogP) is 9.79. The summed E-state index contributed by atoms with van der Waals surface area (Å²) in [5.41, 5.74) is 8.15. The van der Waals surface area contributed by atoms with Crippen molar-refractivity contribution in [3.8, 4) is 22.5 Å². The fourth-order valence-corrected chi connectivity index (χ4v) is 5.86. The lowest BCUT2D eigenvalue weighted by atomic mass is 10.0. The molecule has 0 saturated heterocycles. The maximum atomic E-state index is 5.23. The highest BCUT2D eigenvalue weighted by Gasteiger charge is 2.19. The quantitative estimate of drug-likeness (QED) is 0.163. The highest BCUT2D eigenvalue weighted by molar-refractivity contribution is 5.89. The molecule has 49 heavy (non-hydrogen) atoms. The lowest BCUT2D eigenvalue weighted by molar-refractivity contribution is 1.12. The van der Waals surface area contributed by atoms with Crippen molar-refractivity contribution in [3.05, 3.63) is 170 Å². The smallest absolute Gasteiger partial charge is 0.138 e. The van der Waals surface area contributed by atoms with Crippen LogP contribution >= 0.6 is 0 Å². The molecule has 0 saturated carbocycles. The number of nitrogens with zero attached hydrogens (tertiary/aromatic N) is 8. The van der Waals surface area contributed by atoms with E-state index in [2.05, 4.69) is 81.5 Å². The van der Waals surface area contributed by atoms with Crippen molar-refractivity contribution in [1.29, 1.82) is 0 Å². The molecule has 0 aliphatic carbocycles. The molecule has 0 unspecified atom stereocenters. The number of aromatic nitrogens is 6. The Kier molecular flexibility index (Phi) is 7.93. The molecule has 0 bridgehead atoms. The number of fused-ring (bicyclic) bond motifs is 1. The van der Waals surface area contributed by atoms with E-state index in [1.807, 2.05) is 94.7 Å². The molecule has 8 rings (SSSR count). The third kappa shape index (κ3) is 5.94. The number of hydrogen-bond donors (Lipinski definition) is 0. The summed E-state index contributed by atoms with van der Waals surface area (Å²) in [6, 6.07) is 46.2. The van der Waals surface area contributed by atoms with Gasteiger partial charge in [-0.3, -0.25) is 9.80 Å². The summed E-state index contributed by atoms with van der Waals surface area (Å²) in [6.45, 7) is 2.07. The second-order valence-electron chi connectivity index (χ2n) is 11.4. The van der Waals surface area contributed by atoms with E-state index in [-0.39, 0.29) is 0 Å². The summed E-state index contributed by atoms with van der Waals surface area (Å²) in [5.74, 6) is 3.12. The van der Waals surface area contributed by atoms with Crippen LogP contribution in [0.3, 0.4) is 0 Å². The van der Waals surface area contributed by atoms with Crippen LogP contribution in [0.25, 0.3) is 33.5 Å². The molecule has 0 atom stereocenters. The third-order valence-electron chi connectivity index (χ3n) is 8.21. The number of aryl methyl sites for hydroxylation is 1. The molecule has 8 aromatic rings. The molecule has 8 nitrogen and oxygen atoms in total. The SMILES string of the molecule is Cc1cccc2nc(-c3ccc(N(c4ccccn4)c4ccccn4)cc3)c(-c3ccc(N(c4ccccn4)c4ccccn4)cc3)nc12. The lowest BCUT2D eigenvalue weighted by Gasteiger charge is -2.23. The van der Waals surface area contributed by atoms with E-state index in [0.29, 0.717) is 0 Å². The van der Waals surface area contributed by atoms with Gasteiger partial charge in [-0.2, -0.15) is 0 Å². The molecule has 0 aliphatic heterocycles. The predicted molar refractivity (Wildman–Crippen MR) is 196 cm³/mol. The number of pyridine rings is 4. The van der Waals surface area contributed by atoms with Crippen LogP contribution in [0.15, 0.2) is 164 Å². The van der Waals surface area contributed by atoms with Gasteiger partial charge in [0.05, 0.1) is 22.4 Å². The Labute approximate surface area is 284 Å². The minimum Gasteiger partial charge on any atom is -0.279 e. The summed E-state index contributed by atoms with van der Waals surface area (Å²) in [4.78, 5) is 33.0. The standard InChI is InChI=1S/C41H30N8/c1-29-11-10-12-34-39(29)47-41(31-19-23-33(24-20-31)49(37-15-4-8-27-44-37)38-16-5-9-28-45-38)40(46-34)30-17-21-32(22-18-30)48(35-13-2-6-25-42-35)36-14-3-7-26-43-36/h2-28H,1H3. The van der Waals surface area contributed by atoms with Crippen molar-refractivity contribution in [2.75, 3.05) is 9.80 Å². The van der Waals surface area contributed by atoms with E-state index < -0.39 is 0 Å². The molecular formula is C41H30N8. The molecule has 0 N–H and O–H groups in total. The Morgan fingerprint density at radius 3 is 1.18 bits per heavy atom. The van der Waals surface area contributed by atoms with Crippen LogP contribution in [0.4, 0.5) is 34.6 Å². The monoisotopic (exact) mass is 634 g/mol. The molecule has 8 heteroatoms. The van der Waals surface area contributed by atoms with Gasteiger partial charge in [0.25, 0.3) is 0 Å². The first-order valence-electron chi connectivity index (χ1n) is 16.0. The molecule has 0 aliphatic rings. The van der Waals surface area contributed by atoms with E-state index in [1.165, 1.54) is 0 Å². The normalized spacial score (nSPS) is 11.0. The first-order chi connectivity index (χ1) is 24.2. The number of hydrogen-bond acceptors (Lipinski definition) is 8. The Hall–Kier alpha value is -6.80. The average Bonchev–Trinajstić information content (AvgIpc) is 3.17. The van der Waals surface area contributed by atoms with Gasteiger partial charge in [0.1, 0.15) is 23.3 Å². The highest BCUT2D eigenvalue weighted by atomic mass is 15.2. The highest BCUT2D eigenvalue weighted by Crippen LogP contribution is 2.38. The van der Waals surface area contributed by atoms with Crippen LogP contribution in [-0.4, -0.2) is 29.9 Å². The lowest BCUT2D eigenvalue weighted by Crippen LogP contribution is -2.12. The van der Waals surface area contributed by atoms with Gasteiger partial charge in [0.15, 0.2) is 0 Å². The molecule has 5 aromatic heterocycles. The molecule has 0 amide bonds. The minimum absolute atomic E-state index is 0.779. The summed E-state index contributed by atoms with van der Waals surface area (Å²) in [5, 5.41) is 0. The van der Waals surface area contributed by atoms with Crippen LogP contribution in [-0.2, 0) is 0 Å². The second-order valence-corrected chi connectivity index (χ2v) is 11.4. The Morgan fingerprint density at radius 2 is 0.796 bits per heavy atom. The fourth-order valence-electron chi connectivity index (χ4n) is 5.86. The maximum Gasteiger partial charge on any atom is 0.138 e. The van der Waals surface area contributed by atoms with Crippen molar-refractivity contribution in [3.63, 3.8) is 0 Å². The number of benzene rings is 3. The van der Waals surface area contributed by atoms with Gasteiger partial charge in [0, 0.05) is 47.3 Å². The van der Waals surface area contributed by atoms with E-state index >= 15 is 0 Å². The average molecular weight is 635 g/mol. The van der Waals surface area contributed by atoms with Crippen LogP contribution < -0.4 is 9.80 Å². The number of rotatable bonds is 8. The molecule has 0 spiro atoms. The van der Waals surface area contributed by atoms with Gasteiger partial charge in [0.2, 0.25) is 0 Å². The molecule has 0 fully saturated rings. The first-order valence-corrected chi connectivity index (χ1v) is 16.0. The van der Waals surface area contributed by atoms with Gasteiger partial charge in [-0.1, -0.05) is 60.7 Å². The van der Waals surface area contributed by atoms with Crippen LogP contribution in [0.5, 0.6) is 0 Å². The van der Waals surface area contributed by atoms with Crippen LogP contribution in [0.1, 0.15) is 5.56 Å². The van der Waals surface area contributed by atoms with E-state index in [9.17, 15) is 0 Å². The summed E-state index contributed by atoms with van der Waals surface area (Å²) in [7, 11) is 0. The van der Waals surface area contributed by atoms with Gasteiger partial charge in [-0.05, 0) is 91.3 Å². The van der Waals surface area contributed by atoms with Crippen LogP contribution in [0.2, 0.25) is 0 Å². The zero-order valence-corrected chi connectivity index (χ0v) is 26.7. The van der Waals surface area contributed by atoms with Crippen molar-refractivity contribution in [2.24, 2.45) is 0 Å². The zero-order chi connectivity index (χ0) is 33.0. The Morgan fingerprint density at radius 1 is 0.388 bits per heavy atom. The van der Waals surface area contributed by atoms with Gasteiger partial charge in [-0.15, -0.1) is 0 Å². The van der Waals surface area contributed by atoms with E-state index in [1.54, 1.807) is 24.8 Å². The van der Waals surface area contributed by atoms with Crippen molar-refractivity contribution >= 4 is 45.7 Å². The molecule has 0 radical (unpaired) electrons. The third-order valence-corrected chi connectivity index (χ3v) is 8.21. The summed E-state index contributed by atoms with van der Waals surface area (Å²) >= 11 is 0. The Balaban J connectivity index is 1.22. The molecular weight excluding hydrogens is 605 g/mol. The minimum atomic E-state index is 0.779. The number of para-hydroxylation sites is 1. The molecule has 5 heterocycles. The van der Waals surface area contributed by atoms with Crippen LogP contribution in [0, 0.1) is 6.92 Å². The number of anilines is 6. The maximum absolute atomic E-state index is 5.23. The van der Waals surface area contributed by atoms with Crippen molar-refractivity contribution in [2.45, 2.75) is 6.92 Å².